The number of sulfonamides is 1. The number of anilines is 3. The zero-order chi connectivity index (χ0) is 22.7. The summed E-state index contributed by atoms with van der Waals surface area (Å²) >= 11 is 5.86. The highest BCUT2D eigenvalue weighted by Gasteiger charge is 2.18. The first-order chi connectivity index (χ1) is 15.3. The molecule has 3 N–H and O–H groups in total. The van der Waals surface area contributed by atoms with Crippen molar-refractivity contribution in [3.8, 4) is 0 Å². The van der Waals surface area contributed by atoms with Gasteiger partial charge in [-0.25, -0.2) is 32.7 Å². The van der Waals surface area contributed by atoms with E-state index >= 15 is 0 Å². The fourth-order valence-corrected chi connectivity index (χ4v) is 4.15. The smallest absolute Gasteiger partial charge is 0.232 e. The summed E-state index contributed by atoms with van der Waals surface area (Å²) in [6.45, 7) is 1.60. The standard InChI is InChI=1S/C20H21ClFN7O2S/c1-2-32(30,31)29-13-5-3-12(4-6-13)27-20-23-10-17-18(28-20)19(25-11-24-17)26-14-7-8-16(22)15(21)9-14/h5,7-12,29H,2-4,6H2,1H3,(H,23,27,28)(H,24,25,26). The molecule has 4 rings (SSSR count). The van der Waals surface area contributed by atoms with Crippen LogP contribution in [0.1, 0.15) is 26.2 Å². The third kappa shape index (κ3) is 5.22. The lowest BCUT2D eigenvalue weighted by atomic mass is 10.00. The van der Waals surface area contributed by atoms with Gasteiger partial charge in [-0.3, -0.25) is 4.72 Å². The number of benzene rings is 1. The van der Waals surface area contributed by atoms with E-state index in [0.717, 1.165) is 6.42 Å². The average Bonchev–Trinajstić information content (AvgIpc) is 2.78. The van der Waals surface area contributed by atoms with Gasteiger partial charge in [-0.15, -0.1) is 0 Å². The summed E-state index contributed by atoms with van der Waals surface area (Å²) in [7, 11) is -3.27. The molecule has 3 aromatic rings. The Kier molecular flexibility index (Phi) is 6.38. The normalized spacial score (nSPS) is 16.5. The van der Waals surface area contributed by atoms with Gasteiger partial charge in [0.15, 0.2) is 5.82 Å². The molecule has 0 amide bonds. The van der Waals surface area contributed by atoms with E-state index in [1.807, 2.05) is 6.08 Å². The van der Waals surface area contributed by atoms with Crippen molar-refractivity contribution in [2.45, 2.75) is 32.2 Å². The summed E-state index contributed by atoms with van der Waals surface area (Å²) in [4.78, 5) is 17.3. The molecule has 0 fully saturated rings. The number of hydrogen-bond donors (Lipinski definition) is 3. The first-order valence-electron chi connectivity index (χ1n) is 9.99. The van der Waals surface area contributed by atoms with Gasteiger partial charge in [0.2, 0.25) is 16.0 Å². The van der Waals surface area contributed by atoms with Crippen LogP contribution in [0, 0.1) is 5.82 Å². The van der Waals surface area contributed by atoms with Crippen LogP contribution in [-0.4, -0.2) is 40.1 Å². The Labute approximate surface area is 189 Å². The largest absolute Gasteiger partial charge is 0.351 e. The van der Waals surface area contributed by atoms with E-state index in [2.05, 4.69) is 35.3 Å². The van der Waals surface area contributed by atoms with E-state index in [0.29, 0.717) is 47.0 Å². The number of nitrogens with zero attached hydrogens (tertiary/aromatic N) is 4. The second-order valence-corrected chi connectivity index (χ2v) is 9.67. The molecule has 168 valence electrons. The Morgan fingerprint density at radius 3 is 2.81 bits per heavy atom. The van der Waals surface area contributed by atoms with E-state index < -0.39 is 15.8 Å². The number of aromatic nitrogens is 4. The van der Waals surface area contributed by atoms with Crippen molar-refractivity contribution >= 4 is 50.1 Å². The molecular formula is C20H21ClFN7O2S. The van der Waals surface area contributed by atoms with Crippen LogP contribution in [0.3, 0.4) is 0 Å². The molecule has 0 saturated carbocycles. The predicted molar refractivity (Wildman–Crippen MR) is 122 cm³/mol. The Morgan fingerprint density at radius 1 is 1.25 bits per heavy atom. The van der Waals surface area contributed by atoms with Gasteiger partial charge in [0.25, 0.3) is 0 Å². The second kappa shape index (κ2) is 9.21. The molecule has 0 saturated heterocycles. The zero-order valence-electron chi connectivity index (χ0n) is 17.1. The summed E-state index contributed by atoms with van der Waals surface area (Å²) in [5, 5.41) is 6.36. The van der Waals surface area contributed by atoms with Crippen molar-refractivity contribution in [2.75, 3.05) is 16.4 Å². The molecule has 1 aliphatic carbocycles. The third-order valence-electron chi connectivity index (χ3n) is 4.97. The Balaban J connectivity index is 1.50. The van der Waals surface area contributed by atoms with E-state index in [4.69, 9.17) is 11.6 Å². The zero-order valence-corrected chi connectivity index (χ0v) is 18.7. The number of rotatable bonds is 7. The van der Waals surface area contributed by atoms with E-state index in [1.165, 1.54) is 18.5 Å². The number of fused-ring (bicyclic) bond motifs is 1. The van der Waals surface area contributed by atoms with Crippen molar-refractivity contribution in [3.63, 3.8) is 0 Å². The van der Waals surface area contributed by atoms with Crippen molar-refractivity contribution < 1.29 is 12.8 Å². The Bertz CT molecular complexity index is 1290. The maximum absolute atomic E-state index is 13.4. The van der Waals surface area contributed by atoms with Crippen molar-refractivity contribution in [1.82, 2.24) is 24.7 Å². The minimum atomic E-state index is -3.27. The van der Waals surface area contributed by atoms with Crippen LogP contribution in [0.15, 0.2) is 42.5 Å². The lowest BCUT2D eigenvalue weighted by Gasteiger charge is -2.23. The molecule has 0 aliphatic heterocycles. The van der Waals surface area contributed by atoms with Crippen LogP contribution in [0.2, 0.25) is 5.02 Å². The average molecular weight is 478 g/mol. The number of nitrogens with one attached hydrogen (secondary N) is 3. The van der Waals surface area contributed by atoms with E-state index in [1.54, 1.807) is 19.2 Å². The number of allylic oxidation sites excluding steroid dienone is 1. The summed E-state index contributed by atoms with van der Waals surface area (Å²) in [6, 6.07) is 4.33. The second-order valence-electron chi connectivity index (χ2n) is 7.25. The van der Waals surface area contributed by atoms with Crippen LogP contribution in [0.4, 0.5) is 21.8 Å². The molecule has 1 aromatic carbocycles. The van der Waals surface area contributed by atoms with Gasteiger partial charge in [0.1, 0.15) is 23.2 Å². The maximum Gasteiger partial charge on any atom is 0.232 e. The minimum absolute atomic E-state index is 0.00343. The molecule has 0 radical (unpaired) electrons. The quantitative estimate of drug-likeness (QED) is 0.470. The fourth-order valence-electron chi connectivity index (χ4n) is 3.24. The topological polar surface area (TPSA) is 122 Å². The number of halogens is 2. The highest BCUT2D eigenvalue weighted by Crippen LogP contribution is 2.26. The molecule has 32 heavy (non-hydrogen) atoms. The summed E-state index contributed by atoms with van der Waals surface area (Å²) < 4.78 is 39.5. The molecule has 0 spiro atoms. The molecule has 1 atom stereocenters. The number of hydrogen-bond acceptors (Lipinski definition) is 8. The lowest BCUT2D eigenvalue weighted by Crippen LogP contribution is -2.30. The molecule has 2 heterocycles. The van der Waals surface area contributed by atoms with Gasteiger partial charge in [-0.05, 0) is 44.4 Å². The van der Waals surface area contributed by atoms with Crippen LogP contribution in [0.5, 0.6) is 0 Å². The van der Waals surface area contributed by atoms with Gasteiger partial charge in [0.05, 0.1) is 17.0 Å². The van der Waals surface area contributed by atoms with Crippen LogP contribution >= 0.6 is 11.6 Å². The van der Waals surface area contributed by atoms with Crippen LogP contribution in [0.25, 0.3) is 11.0 Å². The SMILES string of the molecule is CCS(=O)(=O)NC1=CCC(Nc2ncc3ncnc(Nc4ccc(F)c(Cl)c4)c3n2)CC1. The summed E-state index contributed by atoms with van der Waals surface area (Å²) in [5.41, 5.74) is 2.31. The third-order valence-corrected chi connectivity index (χ3v) is 6.59. The highest BCUT2D eigenvalue weighted by molar-refractivity contribution is 7.89. The molecule has 12 heteroatoms. The first kappa shape index (κ1) is 22.2. The molecule has 2 aromatic heterocycles. The molecule has 1 unspecified atom stereocenters. The summed E-state index contributed by atoms with van der Waals surface area (Å²) in [6.07, 6.45) is 6.82. The molecule has 0 bridgehead atoms. The van der Waals surface area contributed by atoms with E-state index in [-0.39, 0.29) is 16.8 Å². The Hall–Kier alpha value is -3.05. The highest BCUT2D eigenvalue weighted by atomic mass is 35.5. The van der Waals surface area contributed by atoms with Gasteiger partial charge in [-0.1, -0.05) is 17.7 Å². The lowest BCUT2D eigenvalue weighted by molar-refractivity contribution is 0.574. The van der Waals surface area contributed by atoms with Crippen molar-refractivity contribution in [3.05, 3.63) is 53.3 Å². The van der Waals surface area contributed by atoms with Crippen LogP contribution < -0.4 is 15.4 Å². The maximum atomic E-state index is 13.4. The van der Waals surface area contributed by atoms with Gasteiger partial charge < -0.3 is 10.6 Å². The van der Waals surface area contributed by atoms with Crippen molar-refractivity contribution in [1.29, 1.82) is 0 Å². The van der Waals surface area contributed by atoms with Crippen molar-refractivity contribution in [2.24, 2.45) is 0 Å². The monoisotopic (exact) mass is 477 g/mol. The fraction of sp³-hybridized carbons (Fsp3) is 0.300. The molecule has 9 nitrogen and oxygen atoms in total. The van der Waals surface area contributed by atoms with Gasteiger partial charge >= 0.3 is 0 Å². The van der Waals surface area contributed by atoms with Crippen LogP contribution in [-0.2, 0) is 10.0 Å². The first-order valence-corrected chi connectivity index (χ1v) is 12.0. The summed E-state index contributed by atoms with van der Waals surface area (Å²) in [5.74, 6) is 0.372. The Morgan fingerprint density at radius 2 is 2.09 bits per heavy atom. The predicted octanol–water partition coefficient (Wildman–Crippen LogP) is 3.74. The molecular weight excluding hydrogens is 457 g/mol. The van der Waals surface area contributed by atoms with Gasteiger partial charge in [0, 0.05) is 17.4 Å². The van der Waals surface area contributed by atoms with Gasteiger partial charge in [-0.2, -0.15) is 0 Å². The molecule has 1 aliphatic rings. The van der Waals surface area contributed by atoms with E-state index in [9.17, 15) is 12.8 Å². The minimum Gasteiger partial charge on any atom is -0.351 e.